The van der Waals surface area contributed by atoms with Gasteiger partial charge in [-0.2, -0.15) is 0 Å². The number of nitrogens with one attached hydrogen (secondary N) is 2. The van der Waals surface area contributed by atoms with Gasteiger partial charge in [0.2, 0.25) is 5.91 Å². The fourth-order valence-corrected chi connectivity index (χ4v) is 5.57. The van der Waals surface area contributed by atoms with Crippen molar-refractivity contribution in [2.24, 2.45) is 5.41 Å². The fourth-order valence-electron chi connectivity index (χ4n) is 4.43. The average Bonchev–Trinajstić information content (AvgIpc) is 3.17. The first-order valence-corrected chi connectivity index (χ1v) is 13.7. The lowest BCUT2D eigenvalue weighted by atomic mass is 9.95. The standard InChI is InChI=1S/C29H39N3O5S/c1-18-20(13-10-14-22(18)33)25(35)31-21(15-19-11-8-7-9-12-19)23(34)27(37)32-17-38-29(5,6)24(32)26(36)30-16-28(2,3)4/h7-14,21,23-24,33-34H,15-17H2,1-6H3,(H,30,36)(H,31,35)/t21-,23-,24+/m0/s1. The van der Waals surface area contributed by atoms with Crippen LogP contribution in [0.25, 0.3) is 0 Å². The molecule has 1 heterocycles. The molecule has 1 saturated heterocycles. The zero-order chi connectivity index (χ0) is 28.3. The van der Waals surface area contributed by atoms with E-state index in [1.807, 2.05) is 65.0 Å². The number of carbonyl (C=O) groups is 3. The highest BCUT2D eigenvalue weighted by atomic mass is 32.2. The van der Waals surface area contributed by atoms with E-state index in [0.29, 0.717) is 12.1 Å². The van der Waals surface area contributed by atoms with Gasteiger partial charge >= 0.3 is 0 Å². The predicted molar refractivity (Wildman–Crippen MR) is 150 cm³/mol. The molecule has 206 valence electrons. The zero-order valence-electron chi connectivity index (χ0n) is 22.9. The third-order valence-corrected chi connectivity index (χ3v) is 8.04. The molecule has 4 N–H and O–H groups in total. The summed E-state index contributed by atoms with van der Waals surface area (Å²) >= 11 is 1.47. The van der Waals surface area contributed by atoms with Crippen molar-refractivity contribution in [3.05, 3.63) is 65.2 Å². The maximum atomic E-state index is 13.7. The molecule has 0 radical (unpaired) electrons. The Hall–Kier alpha value is -3.04. The Morgan fingerprint density at radius 2 is 1.76 bits per heavy atom. The summed E-state index contributed by atoms with van der Waals surface area (Å²) in [6.07, 6.45) is -1.40. The molecule has 2 aromatic carbocycles. The summed E-state index contributed by atoms with van der Waals surface area (Å²) in [5.74, 6) is -1.17. The van der Waals surface area contributed by atoms with Crippen molar-refractivity contribution >= 4 is 29.5 Å². The third-order valence-electron chi connectivity index (χ3n) is 6.67. The summed E-state index contributed by atoms with van der Waals surface area (Å²) in [6, 6.07) is 12.1. The highest BCUT2D eigenvalue weighted by molar-refractivity contribution is 8.00. The van der Waals surface area contributed by atoms with E-state index in [-0.39, 0.29) is 34.9 Å². The van der Waals surface area contributed by atoms with E-state index in [4.69, 9.17) is 0 Å². The number of nitrogens with zero attached hydrogens (tertiary/aromatic N) is 1. The van der Waals surface area contributed by atoms with Crippen LogP contribution in [-0.4, -0.2) is 68.2 Å². The Balaban J connectivity index is 1.87. The first kappa shape index (κ1) is 29.5. The minimum Gasteiger partial charge on any atom is -0.508 e. The van der Waals surface area contributed by atoms with Gasteiger partial charge in [-0.1, -0.05) is 57.2 Å². The molecule has 1 fully saturated rings. The van der Waals surface area contributed by atoms with Crippen molar-refractivity contribution < 1.29 is 24.6 Å². The van der Waals surface area contributed by atoms with Gasteiger partial charge in [-0.15, -0.1) is 11.8 Å². The van der Waals surface area contributed by atoms with Crippen molar-refractivity contribution in [2.75, 3.05) is 12.4 Å². The molecule has 0 aromatic heterocycles. The topological polar surface area (TPSA) is 119 Å². The van der Waals surface area contributed by atoms with E-state index in [9.17, 15) is 24.6 Å². The molecule has 3 atom stereocenters. The summed E-state index contributed by atoms with van der Waals surface area (Å²) in [6.45, 7) is 11.9. The van der Waals surface area contributed by atoms with Crippen molar-refractivity contribution in [2.45, 2.75) is 70.9 Å². The second kappa shape index (κ2) is 11.8. The number of phenolic OH excluding ortho intramolecular Hbond substituents is 1. The van der Waals surface area contributed by atoms with E-state index in [2.05, 4.69) is 10.6 Å². The van der Waals surface area contributed by atoms with Crippen LogP contribution in [0.1, 0.15) is 56.1 Å². The molecule has 1 aliphatic rings. The van der Waals surface area contributed by atoms with Crippen LogP contribution in [0.2, 0.25) is 0 Å². The first-order chi connectivity index (χ1) is 17.7. The van der Waals surface area contributed by atoms with Crippen LogP contribution >= 0.6 is 11.8 Å². The third kappa shape index (κ3) is 7.08. The van der Waals surface area contributed by atoms with E-state index in [1.165, 1.54) is 22.7 Å². The normalized spacial score (nSPS) is 18.5. The number of aliphatic hydroxyl groups is 1. The van der Waals surface area contributed by atoms with E-state index in [0.717, 1.165) is 5.56 Å². The van der Waals surface area contributed by atoms with Crippen LogP contribution in [-0.2, 0) is 16.0 Å². The van der Waals surface area contributed by atoms with Crippen LogP contribution in [0, 0.1) is 12.3 Å². The Bertz CT molecular complexity index is 1160. The number of rotatable bonds is 8. The van der Waals surface area contributed by atoms with E-state index < -0.39 is 34.7 Å². The van der Waals surface area contributed by atoms with Crippen molar-refractivity contribution in [3.63, 3.8) is 0 Å². The van der Waals surface area contributed by atoms with Crippen molar-refractivity contribution in [1.82, 2.24) is 15.5 Å². The second-order valence-electron chi connectivity index (χ2n) is 11.5. The second-order valence-corrected chi connectivity index (χ2v) is 13.1. The minimum atomic E-state index is -1.59. The summed E-state index contributed by atoms with van der Waals surface area (Å²) in [5, 5.41) is 27.2. The highest BCUT2D eigenvalue weighted by Gasteiger charge is 2.49. The van der Waals surface area contributed by atoms with Crippen LogP contribution < -0.4 is 10.6 Å². The Labute approximate surface area is 229 Å². The fraction of sp³-hybridized carbons (Fsp3) is 0.483. The summed E-state index contributed by atoms with van der Waals surface area (Å²) < 4.78 is -0.561. The van der Waals surface area contributed by atoms with E-state index in [1.54, 1.807) is 19.1 Å². The molecule has 8 nitrogen and oxygen atoms in total. The molecule has 3 amide bonds. The highest BCUT2D eigenvalue weighted by Crippen LogP contribution is 2.40. The molecular weight excluding hydrogens is 502 g/mol. The Morgan fingerprint density at radius 3 is 2.39 bits per heavy atom. The SMILES string of the molecule is Cc1c(O)cccc1C(=O)N[C@@H](Cc1ccccc1)[C@H](O)C(=O)N1CSC(C)(C)[C@H]1C(=O)NCC(C)(C)C. The van der Waals surface area contributed by atoms with Crippen LogP contribution in [0.4, 0.5) is 0 Å². The number of hydrogen-bond donors (Lipinski definition) is 4. The maximum Gasteiger partial charge on any atom is 0.254 e. The van der Waals surface area contributed by atoms with Gasteiger partial charge in [0, 0.05) is 22.4 Å². The number of carbonyl (C=O) groups excluding carboxylic acids is 3. The molecule has 2 aromatic rings. The lowest BCUT2D eigenvalue weighted by molar-refractivity contribution is -0.147. The van der Waals surface area contributed by atoms with E-state index >= 15 is 0 Å². The molecule has 38 heavy (non-hydrogen) atoms. The molecular formula is C29H39N3O5S. The molecule has 9 heteroatoms. The maximum absolute atomic E-state index is 13.7. The first-order valence-electron chi connectivity index (χ1n) is 12.7. The zero-order valence-corrected chi connectivity index (χ0v) is 23.8. The molecule has 0 unspecified atom stereocenters. The molecule has 0 saturated carbocycles. The Kier molecular flexibility index (Phi) is 9.15. The number of benzene rings is 2. The van der Waals surface area contributed by atoms with Gasteiger partial charge < -0.3 is 25.7 Å². The minimum absolute atomic E-state index is 0.0191. The molecule has 1 aliphatic heterocycles. The van der Waals surface area contributed by atoms with Gasteiger partial charge in [-0.05, 0) is 50.3 Å². The summed E-state index contributed by atoms with van der Waals surface area (Å²) in [7, 11) is 0. The largest absolute Gasteiger partial charge is 0.508 e. The van der Waals surface area contributed by atoms with Gasteiger partial charge in [0.25, 0.3) is 11.8 Å². The lowest BCUT2D eigenvalue weighted by Gasteiger charge is -2.34. The quantitative estimate of drug-likeness (QED) is 0.408. The summed E-state index contributed by atoms with van der Waals surface area (Å²) in [4.78, 5) is 41.6. The Morgan fingerprint density at radius 1 is 1.11 bits per heavy atom. The van der Waals surface area contributed by atoms with Gasteiger partial charge in [0.1, 0.15) is 11.8 Å². The molecule has 3 rings (SSSR count). The number of phenols is 1. The number of thioether (sulfide) groups is 1. The van der Waals surface area contributed by atoms with Gasteiger partial charge in [-0.3, -0.25) is 14.4 Å². The van der Waals surface area contributed by atoms with Gasteiger partial charge in [-0.25, -0.2) is 0 Å². The number of amides is 3. The van der Waals surface area contributed by atoms with Crippen molar-refractivity contribution in [1.29, 1.82) is 0 Å². The van der Waals surface area contributed by atoms with Crippen molar-refractivity contribution in [3.8, 4) is 5.75 Å². The monoisotopic (exact) mass is 541 g/mol. The predicted octanol–water partition coefficient (Wildman–Crippen LogP) is 3.25. The molecule has 0 spiro atoms. The smallest absolute Gasteiger partial charge is 0.254 e. The molecule has 0 aliphatic carbocycles. The van der Waals surface area contributed by atoms with Crippen LogP contribution in [0.5, 0.6) is 5.75 Å². The molecule has 0 bridgehead atoms. The number of aromatic hydroxyl groups is 1. The average molecular weight is 542 g/mol. The number of aliphatic hydroxyl groups excluding tert-OH is 1. The lowest BCUT2D eigenvalue weighted by Crippen LogP contribution is -2.59. The van der Waals surface area contributed by atoms with Crippen LogP contribution in [0.3, 0.4) is 0 Å². The van der Waals surface area contributed by atoms with Gasteiger partial charge in [0.15, 0.2) is 6.10 Å². The summed E-state index contributed by atoms with van der Waals surface area (Å²) in [5.41, 5.74) is 1.35. The van der Waals surface area contributed by atoms with Gasteiger partial charge in [0.05, 0.1) is 11.9 Å². The van der Waals surface area contributed by atoms with Crippen LogP contribution in [0.15, 0.2) is 48.5 Å². The number of hydrogen-bond acceptors (Lipinski definition) is 6.